The molecule has 0 bridgehead atoms. The van der Waals surface area contributed by atoms with Crippen molar-refractivity contribution < 1.29 is 24.4 Å². The van der Waals surface area contributed by atoms with Gasteiger partial charge in [0.25, 0.3) is 5.69 Å². The van der Waals surface area contributed by atoms with Gasteiger partial charge in [-0.05, 0) is 12.1 Å². The van der Waals surface area contributed by atoms with Crippen LogP contribution in [0.2, 0.25) is 25.7 Å². The van der Waals surface area contributed by atoms with Crippen molar-refractivity contribution in [2.75, 3.05) is 6.61 Å². The van der Waals surface area contributed by atoms with Crippen molar-refractivity contribution in [3.05, 3.63) is 28.3 Å². The van der Waals surface area contributed by atoms with Crippen LogP contribution in [0.3, 0.4) is 0 Å². The Bertz CT molecular complexity index is 730. The fraction of sp³-hybridized carbons (Fsp3) is 0.462. The number of hydrogen-bond donors (Lipinski definition) is 2. The minimum atomic E-state index is -2.07. The number of nitro groups is 1. The van der Waals surface area contributed by atoms with Crippen LogP contribution in [0.15, 0.2) is 18.2 Å². The summed E-state index contributed by atoms with van der Waals surface area (Å²) in [5.41, 5.74) is 0.406. The van der Waals surface area contributed by atoms with Crippen LogP contribution in [0.1, 0.15) is 0 Å². The van der Waals surface area contributed by atoms with E-state index in [2.05, 4.69) is 24.7 Å². The van der Waals surface area contributed by atoms with Crippen molar-refractivity contribution in [3.63, 3.8) is 0 Å². The second-order valence-electron chi connectivity index (χ2n) is 6.56. The third kappa shape index (κ3) is 4.77. The van der Waals surface area contributed by atoms with Gasteiger partial charge in [0.2, 0.25) is 5.88 Å². The van der Waals surface area contributed by atoms with Crippen LogP contribution < -0.4 is 4.65 Å². The summed E-state index contributed by atoms with van der Waals surface area (Å²) in [7, 11) is -3.27. The summed E-state index contributed by atoms with van der Waals surface area (Å²) in [6, 6.07) is 5.15. The zero-order valence-corrected chi connectivity index (χ0v) is 14.8. The van der Waals surface area contributed by atoms with Crippen molar-refractivity contribution in [1.29, 1.82) is 0 Å². The van der Waals surface area contributed by atoms with Crippen LogP contribution in [0.25, 0.3) is 10.9 Å². The second-order valence-corrected chi connectivity index (χ2v) is 12.2. The van der Waals surface area contributed by atoms with E-state index in [0.29, 0.717) is 17.5 Å². The zero-order valence-electron chi connectivity index (χ0n) is 13.8. The van der Waals surface area contributed by atoms with E-state index in [1.54, 1.807) is 0 Å². The number of non-ortho nitro benzene ring substituents is 1. The number of aromatic nitrogens is 2. The summed E-state index contributed by atoms with van der Waals surface area (Å²) in [6.45, 7) is 7.46. The summed E-state index contributed by atoms with van der Waals surface area (Å²) < 4.78 is 11.9. The predicted octanol–water partition coefficient (Wildman–Crippen LogP) is 1.61. The third-order valence-electron chi connectivity index (χ3n) is 3.34. The lowest BCUT2D eigenvalue weighted by Crippen LogP contribution is -2.22. The largest absolute Gasteiger partial charge is 0.708 e. The fourth-order valence-electron chi connectivity index (χ4n) is 2.07. The number of hydrogen-bond acceptors (Lipinski definition) is 7. The van der Waals surface area contributed by atoms with Crippen LogP contribution in [0, 0.1) is 10.1 Å². The number of benzene rings is 1. The maximum absolute atomic E-state index is 10.9. The lowest BCUT2D eigenvalue weighted by atomic mass is 10.2. The molecule has 0 amide bonds. The molecule has 2 rings (SSSR count). The molecule has 0 aliphatic rings. The predicted molar refractivity (Wildman–Crippen MR) is 91.3 cm³/mol. The monoisotopic (exact) mass is 353 g/mol. The lowest BCUT2D eigenvalue weighted by molar-refractivity contribution is -0.384. The molecule has 9 nitrogen and oxygen atoms in total. The van der Waals surface area contributed by atoms with Gasteiger partial charge in [0.1, 0.15) is 6.73 Å². The normalized spacial score (nSPS) is 11.7. The van der Waals surface area contributed by atoms with Gasteiger partial charge >= 0.3 is 7.32 Å². The molecule has 0 radical (unpaired) electrons. The Balaban J connectivity index is 2.24. The molecular formula is C13H20BN3O6Si. The highest BCUT2D eigenvalue weighted by atomic mass is 28.3. The summed E-state index contributed by atoms with van der Waals surface area (Å²) in [5.74, 6) is -0.0995. The van der Waals surface area contributed by atoms with Gasteiger partial charge in [-0.3, -0.25) is 10.1 Å². The molecule has 1 aromatic heterocycles. The number of ether oxygens (including phenoxy) is 1. The quantitative estimate of drug-likeness (QED) is 0.320. The van der Waals surface area contributed by atoms with Gasteiger partial charge in [-0.25, -0.2) is 4.68 Å². The van der Waals surface area contributed by atoms with Crippen molar-refractivity contribution in [1.82, 2.24) is 9.78 Å². The lowest BCUT2D eigenvalue weighted by Gasteiger charge is -2.15. The summed E-state index contributed by atoms with van der Waals surface area (Å²) in [4.78, 5) is 10.4. The molecule has 0 fully saturated rings. The summed E-state index contributed by atoms with van der Waals surface area (Å²) in [5, 5.41) is 33.3. The second kappa shape index (κ2) is 7.30. The van der Waals surface area contributed by atoms with Crippen molar-refractivity contribution >= 4 is 32.0 Å². The highest BCUT2D eigenvalue weighted by molar-refractivity contribution is 6.76. The zero-order chi connectivity index (χ0) is 17.9. The van der Waals surface area contributed by atoms with Gasteiger partial charge in [0.15, 0.2) is 0 Å². The molecule has 0 unspecified atom stereocenters. The molecule has 130 valence electrons. The van der Waals surface area contributed by atoms with Gasteiger partial charge in [0, 0.05) is 26.8 Å². The molecule has 1 heterocycles. The van der Waals surface area contributed by atoms with E-state index in [9.17, 15) is 10.1 Å². The van der Waals surface area contributed by atoms with E-state index in [0.717, 1.165) is 6.04 Å². The minimum Gasteiger partial charge on any atom is -0.496 e. The molecule has 2 N–H and O–H groups in total. The molecule has 0 saturated heterocycles. The highest BCUT2D eigenvalue weighted by Crippen LogP contribution is 2.29. The van der Waals surface area contributed by atoms with Crippen molar-refractivity contribution in [2.24, 2.45) is 0 Å². The van der Waals surface area contributed by atoms with E-state index in [4.69, 9.17) is 19.4 Å². The van der Waals surface area contributed by atoms with Gasteiger partial charge < -0.3 is 19.4 Å². The van der Waals surface area contributed by atoms with Crippen LogP contribution >= 0.6 is 0 Å². The number of nitrogens with zero attached hydrogens (tertiary/aromatic N) is 3. The third-order valence-corrected chi connectivity index (χ3v) is 5.04. The van der Waals surface area contributed by atoms with Crippen LogP contribution in [-0.2, 0) is 11.5 Å². The Labute approximate surface area is 140 Å². The maximum atomic E-state index is 10.9. The molecule has 0 aliphatic carbocycles. The highest BCUT2D eigenvalue weighted by Gasteiger charge is 2.21. The van der Waals surface area contributed by atoms with Crippen LogP contribution in [-0.4, -0.2) is 46.8 Å². The summed E-state index contributed by atoms with van der Waals surface area (Å²) in [6.07, 6.45) is 0. The van der Waals surface area contributed by atoms with Crippen molar-refractivity contribution in [2.45, 2.75) is 32.4 Å². The Morgan fingerprint density at radius 1 is 1.38 bits per heavy atom. The molecule has 11 heteroatoms. The average Bonchev–Trinajstić information content (AvgIpc) is 2.79. The molecule has 0 atom stereocenters. The molecular weight excluding hydrogens is 333 g/mol. The Morgan fingerprint density at radius 3 is 2.67 bits per heavy atom. The van der Waals surface area contributed by atoms with Crippen LogP contribution in [0.4, 0.5) is 5.69 Å². The number of rotatable bonds is 8. The number of nitro benzene ring substituents is 1. The van der Waals surface area contributed by atoms with Gasteiger partial charge in [-0.2, -0.15) is 0 Å². The van der Waals surface area contributed by atoms with E-state index in [1.165, 1.54) is 22.9 Å². The first-order valence-electron chi connectivity index (χ1n) is 7.43. The van der Waals surface area contributed by atoms with E-state index >= 15 is 0 Å². The average molecular weight is 353 g/mol. The van der Waals surface area contributed by atoms with Gasteiger partial charge in [-0.1, -0.05) is 19.6 Å². The first kappa shape index (κ1) is 18.4. The molecule has 1 aromatic carbocycles. The molecule has 0 saturated carbocycles. The Kier molecular flexibility index (Phi) is 5.59. The maximum Gasteiger partial charge on any atom is 0.708 e. The van der Waals surface area contributed by atoms with E-state index in [-0.39, 0.29) is 18.3 Å². The topological polar surface area (TPSA) is 120 Å². The SMILES string of the molecule is C[Si](C)(C)CCOCn1nc(OB(O)O)c2cc([N+](=O)[O-])ccc21. The standard InChI is InChI=1S/C13H20BN3O6Si/c1-24(2,3)7-6-22-9-16-12-5-4-10(17(20)21)8-11(12)13(15-16)23-14(18)19/h4-5,8,18-19H,6-7,9H2,1-3H3. The minimum absolute atomic E-state index is 0.0995. The van der Waals surface area contributed by atoms with Crippen molar-refractivity contribution in [3.8, 4) is 5.88 Å². The summed E-state index contributed by atoms with van der Waals surface area (Å²) >= 11 is 0. The Hall–Kier alpha value is -1.95. The number of fused-ring (bicyclic) bond motifs is 1. The molecule has 0 aliphatic heterocycles. The molecule has 2 aromatic rings. The van der Waals surface area contributed by atoms with Crippen LogP contribution in [0.5, 0.6) is 5.88 Å². The Morgan fingerprint density at radius 2 is 2.08 bits per heavy atom. The first-order valence-corrected chi connectivity index (χ1v) is 11.1. The molecule has 24 heavy (non-hydrogen) atoms. The van der Waals surface area contributed by atoms with Gasteiger partial charge in [-0.15, -0.1) is 5.10 Å². The smallest absolute Gasteiger partial charge is 0.496 e. The fourth-order valence-corrected chi connectivity index (χ4v) is 2.82. The van der Waals surface area contributed by atoms with E-state index in [1.807, 2.05) is 0 Å². The molecule has 0 spiro atoms. The first-order chi connectivity index (χ1) is 11.2. The van der Waals surface area contributed by atoms with E-state index < -0.39 is 20.3 Å². The van der Waals surface area contributed by atoms with Gasteiger partial charge in [0.05, 0.1) is 15.8 Å².